The van der Waals surface area contributed by atoms with Crippen molar-refractivity contribution < 1.29 is 40.3 Å². The zero-order chi connectivity index (χ0) is 32.6. The van der Waals surface area contributed by atoms with E-state index < -0.39 is 51.2 Å². The van der Waals surface area contributed by atoms with Gasteiger partial charge in [-0.15, -0.1) is 0 Å². The molecule has 0 radical (unpaired) electrons. The first-order chi connectivity index (χ1) is 21.7. The largest absolute Gasteiger partial charge is 0.480 e. The first-order valence-electron chi connectivity index (χ1n) is 15.3. The molecule has 5 saturated carbocycles. The highest BCUT2D eigenvalue weighted by Gasteiger charge is 2.70. The first kappa shape index (κ1) is 31.1. The number of aromatic nitrogens is 2. The molecule has 3 N–H and O–H groups in total. The number of rotatable bonds is 8. The number of benzene rings is 1. The molecule has 16 heteroatoms. The van der Waals surface area contributed by atoms with Crippen LogP contribution < -0.4 is 20.7 Å². The van der Waals surface area contributed by atoms with Crippen LogP contribution in [-0.4, -0.2) is 83.9 Å². The maximum absolute atomic E-state index is 13.9. The van der Waals surface area contributed by atoms with Crippen molar-refractivity contribution in [3.8, 4) is 5.88 Å². The standard InChI is InChI=1S/C30H34F4N6O5S/c1-45-27-22(24(35-15-36-27)39-28-12-29(13-28,14-28)40-6-8-46(43,44)9-7-40)26(42)38-23-17-3-2-16(10-17)21(23)25(41)37-18-4-5-20(31)19(11-18)30(32,33)34/h4-5,11,15-17,21,23H,2-3,6-10,12-14H2,1H3,(H,37,41)(H,38,42)(H,35,36,39)/t16-,17+,21+,23-,28?,29?/m1/s1. The van der Waals surface area contributed by atoms with Gasteiger partial charge in [0.2, 0.25) is 11.8 Å². The number of carbonyl (C=O) groups excluding carboxylic acids is 2. The third kappa shape index (κ3) is 5.26. The summed E-state index contributed by atoms with van der Waals surface area (Å²) in [4.78, 5) is 38.1. The van der Waals surface area contributed by atoms with Crippen molar-refractivity contribution in [2.75, 3.05) is 42.3 Å². The number of nitrogens with zero attached hydrogens (tertiary/aromatic N) is 3. The van der Waals surface area contributed by atoms with Gasteiger partial charge in [-0.05, 0) is 68.6 Å². The number of halogens is 4. The summed E-state index contributed by atoms with van der Waals surface area (Å²) in [5.74, 6) is -2.67. The lowest BCUT2D eigenvalue weighted by Gasteiger charge is -2.74. The Bertz CT molecular complexity index is 1670. The second-order valence-electron chi connectivity index (χ2n) is 13.4. The minimum absolute atomic E-state index is 0.0125. The van der Waals surface area contributed by atoms with Crippen LogP contribution in [0, 0.1) is 23.6 Å². The molecule has 1 aliphatic heterocycles. The van der Waals surface area contributed by atoms with E-state index in [1.807, 2.05) is 0 Å². The number of hydrogen-bond acceptors (Lipinski definition) is 9. The van der Waals surface area contributed by atoms with E-state index >= 15 is 0 Å². The number of alkyl halides is 3. The summed E-state index contributed by atoms with van der Waals surface area (Å²) in [5.41, 5.74) is -1.93. The van der Waals surface area contributed by atoms with Crippen LogP contribution in [-0.2, 0) is 20.8 Å². The van der Waals surface area contributed by atoms with Crippen molar-refractivity contribution in [1.29, 1.82) is 0 Å². The molecule has 8 rings (SSSR count). The molecule has 1 saturated heterocycles. The minimum atomic E-state index is -4.92. The van der Waals surface area contributed by atoms with Crippen LogP contribution in [0.25, 0.3) is 0 Å². The Balaban J connectivity index is 1.06. The molecule has 6 fully saturated rings. The van der Waals surface area contributed by atoms with Crippen LogP contribution in [0.3, 0.4) is 0 Å². The number of hydrogen-bond donors (Lipinski definition) is 3. The summed E-state index contributed by atoms with van der Waals surface area (Å²) in [5, 5.41) is 8.95. The third-order valence-electron chi connectivity index (χ3n) is 10.7. The summed E-state index contributed by atoms with van der Waals surface area (Å²) in [7, 11) is -1.61. The van der Waals surface area contributed by atoms with Crippen LogP contribution in [0.2, 0.25) is 0 Å². The number of methoxy groups -OCH3 is 1. The molecule has 2 amide bonds. The molecular weight excluding hydrogens is 632 g/mol. The summed E-state index contributed by atoms with van der Waals surface area (Å²) in [6.07, 6.45) is 0.906. The first-order valence-corrected chi connectivity index (χ1v) is 17.1. The number of fused-ring (bicyclic) bond motifs is 2. The summed E-state index contributed by atoms with van der Waals surface area (Å²) >= 11 is 0. The molecule has 0 unspecified atom stereocenters. The van der Waals surface area contributed by atoms with Gasteiger partial charge in [-0.2, -0.15) is 13.2 Å². The predicted molar refractivity (Wildman–Crippen MR) is 157 cm³/mol. The molecule has 248 valence electrons. The topological polar surface area (TPSA) is 143 Å². The highest BCUT2D eigenvalue weighted by molar-refractivity contribution is 7.91. The van der Waals surface area contributed by atoms with E-state index in [1.165, 1.54) is 13.4 Å². The molecule has 4 atom stereocenters. The number of anilines is 2. The van der Waals surface area contributed by atoms with Gasteiger partial charge in [-0.1, -0.05) is 0 Å². The molecule has 2 aromatic rings. The summed E-state index contributed by atoms with van der Waals surface area (Å²) < 4.78 is 82.8. The van der Waals surface area contributed by atoms with E-state index in [2.05, 4.69) is 30.8 Å². The van der Waals surface area contributed by atoms with Crippen molar-refractivity contribution in [3.05, 3.63) is 41.5 Å². The van der Waals surface area contributed by atoms with Crippen molar-refractivity contribution in [1.82, 2.24) is 20.2 Å². The van der Waals surface area contributed by atoms with E-state index in [0.29, 0.717) is 31.6 Å². The van der Waals surface area contributed by atoms with Gasteiger partial charge in [0, 0.05) is 35.9 Å². The average molecular weight is 667 g/mol. The number of nitrogens with one attached hydrogen (secondary N) is 3. The van der Waals surface area contributed by atoms with E-state index in [-0.39, 0.29) is 57.4 Å². The summed E-state index contributed by atoms with van der Waals surface area (Å²) in [6.45, 7) is 1.02. The molecular formula is C30H34F4N6O5S. The Kier molecular flexibility index (Phi) is 7.27. The lowest BCUT2D eigenvalue weighted by atomic mass is 9.43. The Morgan fingerprint density at radius 2 is 1.76 bits per heavy atom. The van der Waals surface area contributed by atoms with Crippen LogP contribution in [0.5, 0.6) is 5.88 Å². The smallest absolute Gasteiger partial charge is 0.419 e. The van der Waals surface area contributed by atoms with Crippen LogP contribution >= 0.6 is 0 Å². The van der Waals surface area contributed by atoms with Crippen LogP contribution in [0.15, 0.2) is 24.5 Å². The average Bonchev–Trinajstić information content (AvgIpc) is 3.57. The van der Waals surface area contributed by atoms with E-state index in [9.17, 15) is 35.6 Å². The third-order valence-corrected chi connectivity index (χ3v) is 12.3. The van der Waals surface area contributed by atoms with E-state index in [1.54, 1.807) is 0 Å². The van der Waals surface area contributed by atoms with Gasteiger partial charge in [0.25, 0.3) is 5.91 Å². The maximum Gasteiger partial charge on any atom is 0.419 e. The Morgan fingerprint density at radius 1 is 1.07 bits per heavy atom. The molecule has 4 bridgehead atoms. The predicted octanol–water partition coefficient (Wildman–Crippen LogP) is 3.24. The number of amides is 2. The second kappa shape index (κ2) is 10.8. The van der Waals surface area contributed by atoms with Crippen LogP contribution in [0.1, 0.15) is 54.4 Å². The Hall–Kier alpha value is -3.53. The molecule has 2 heterocycles. The highest BCUT2D eigenvalue weighted by Crippen LogP contribution is 2.65. The number of carbonyl (C=O) groups is 2. The zero-order valence-electron chi connectivity index (χ0n) is 25.0. The van der Waals surface area contributed by atoms with Gasteiger partial charge in [-0.25, -0.2) is 22.8 Å². The molecule has 5 aliphatic carbocycles. The van der Waals surface area contributed by atoms with Crippen molar-refractivity contribution in [3.63, 3.8) is 0 Å². The van der Waals surface area contributed by atoms with Crippen LogP contribution in [0.4, 0.5) is 29.1 Å². The fourth-order valence-corrected chi connectivity index (χ4v) is 9.81. The highest BCUT2D eigenvalue weighted by atomic mass is 32.2. The maximum atomic E-state index is 13.9. The van der Waals surface area contributed by atoms with Gasteiger partial charge in [0.15, 0.2) is 9.84 Å². The summed E-state index contributed by atoms with van der Waals surface area (Å²) in [6, 6.07) is 1.72. The monoisotopic (exact) mass is 666 g/mol. The lowest BCUT2D eigenvalue weighted by molar-refractivity contribution is -0.148. The zero-order valence-corrected chi connectivity index (χ0v) is 25.8. The molecule has 1 aromatic heterocycles. The SMILES string of the molecule is COc1ncnc(NC23CC(N4CCS(=O)(=O)CC4)(C2)C3)c1C(=O)N[C@@H]1[C@H]2CC[C@H](C2)[C@@H]1C(=O)Nc1ccc(F)c(C(F)(F)F)c1. The number of sulfone groups is 1. The molecule has 46 heavy (non-hydrogen) atoms. The van der Waals surface area contributed by atoms with Crippen molar-refractivity contribution in [2.45, 2.75) is 61.8 Å². The second-order valence-corrected chi connectivity index (χ2v) is 15.7. The fraction of sp³-hybridized carbons (Fsp3) is 0.600. The van der Waals surface area contributed by atoms with Gasteiger partial charge in [0.05, 0.1) is 30.1 Å². The van der Waals surface area contributed by atoms with Crippen molar-refractivity contribution >= 4 is 33.2 Å². The van der Waals surface area contributed by atoms with Gasteiger partial charge in [-0.3, -0.25) is 14.5 Å². The minimum Gasteiger partial charge on any atom is -0.480 e. The van der Waals surface area contributed by atoms with E-state index in [0.717, 1.165) is 38.2 Å². The molecule has 6 aliphatic rings. The lowest BCUT2D eigenvalue weighted by Crippen LogP contribution is -2.82. The van der Waals surface area contributed by atoms with Crippen molar-refractivity contribution in [2.24, 2.45) is 17.8 Å². The van der Waals surface area contributed by atoms with E-state index in [4.69, 9.17) is 4.74 Å². The van der Waals surface area contributed by atoms with Gasteiger partial charge < -0.3 is 20.7 Å². The van der Waals surface area contributed by atoms with Gasteiger partial charge >= 0.3 is 6.18 Å². The molecule has 1 aromatic carbocycles. The fourth-order valence-electron chi connectivity index (χ4n) is 8.61. The molecule has 0 spiro atoms. The number of ether oxygens (including phenoxy) is 1. The quantitative estimate of drug-likeness (QED) is 0.362. The van der Waals surface area contributed by atoms with Gasteiger partial charge in [0.1, 0.15) is 23.5 Å². The Morgan fingerprint density at radius 3 is 2.43 bits per heavy atom. The Labute approximate surface area is 262 Å². The molecule has 11 nitrogen and oxygen atoms in total. The normalized spacial score (nSPS) is 32.6.